The monoisotopic (exact) mass is 330 g/mol. The summed E-state index contributed by atoms with van der Waals surface area (Å²) in [5, 5.41) is 25.7. The predicted molar refractivity (Wildman–Crippen MR) is 88.7 cm³/mol. The molecule has 0 radical (unpaired) electrons. The molecule has 0 saturated heterocycles. The Balaban J connectivity index is 2.20. The van der Waals surface area contributed by atoms with Crippen LogP contribution in [0.5, 0.6) is 5.75 Å². The third-order valence-corrected chi connectivity index (χ3v) is 3.21. The molecule has 0 heterocycles. The van der Waals surface area contributed by atoms with E-state index in [1.54, 1.807) is 19.2 Å². The van der Waals surface area contributed by atoms with Gasteiger partial charge in [0.15, 0.2) is 0 Å². The van der Waals surface area contributed by atoms with E-state index in [1.165, 1.54) is 18.3 Å². The molecule has 0 fully saturated rings. The minimum atomic E-state index is -0.706. The van der Waals surface area contributed by atoms with Crippen molar-refractivity contribution in [2.45, 2.75) is 6.92 Å². The van der Waals surface area contributed by atoms with E-state index in [1.807, 2.05) is 13.0 Å². The van der Waals surface area contributed by atoms with Crippen LogP contribution in [0.2, 0.25) is 0 Å². The molecular formula is C15H14N4O5. The van der Waals surface area contributed by atoms with E-state index >= 15 is 0 Å². The molecule has 9 nitrogen and oxygen atoms in total. The molecule has 0 spiro atoms. The van der Waals surface area contributed by atoms with Crippen molar-refractivity contribution in [3.8, 4) is 5.75 Å². The average Bonchev–Trinajstić information content (AvgIpc) is 2.55. The van der Waals surface area contributed by atoms with Crippen LogP contribution in [0.1, 0.15) is 11.1 Å². The molecule has 0 amide bonds. The zero-order valence-corrected chi connectivity index (χ0v) is 12.9. The number of non-ortho nitro benzene ring substituents is 1. The number of nitrogens with one attached hydrogen (secondary N) is 1. The van der Waals surface area contributed by atoms with Crippen molar-refractivity contribution in [2.24, 2.45) is 5.10 Å². The number of methoxy groups -OCH3 is 1. The van der Waals surface area contributed by atoms with Crippen LogP contribution in [-0.4, -0.2) is 23.2 Å². The number of nitro benzene ring substituents is 2. The van der Waals surface area contributed by atoms with Gasteiger partial charge in [0.05, 0.1) is 29.2 Å². The second kappa shape index (κ2) is 7.18. The first-order valence-electron chi connectivity index (χ1n) is 6.79. The Morgan fingerprint density at radius 3 is 2.46 bits per heavy atom. The molecular weight excluding hydrogens is 316 g/mol. The van der Waals surface area contributed by atoms with E-state index in [9.17, 15) is 20.2 Å². The van der Waals surface area contributed by atoms with Gasteiger partial charge in [-0.05, 0) is 42.3 Å². The fourth-order valence-electron chi connectivity index (χ4n) is 2.04. The molecule has 1 N–H and O–H groups in total. The largest absolute Gasteiger partial charge is 0.496 e. The van der Waals surface area contributed by atoms with Crippen LogP contribution < -0.4 is 10.2 Å². The van der Waals surface area contributed by atoms with Crippen LogP contribution in [0.25, 0.3) is 0 Å². The van der Waals surface area contributed by atoms with Crippen molar-refractivity contribution in [3.05, 3.63) is 67.8 Å². The third-order valence-electron chi connectivity index (χ3n) is 3.21. The van der Waals surface area contributed by atoms with Gasteiger partial charge < -0.3 is 4.74 Å². The van der Waals surface area contributed by atoms with Crippen molar-refractivity contribution in [1.29, 1.82) is 0 Å². The van der Waals surface area contributed by atoms with Crippen molar-refractivity contribution < 1.29 is 14.6 Å². The average molecular weight is 330 g/mol. The minimum absolute atomic E-state index is 0.0621. The molecule has 0 saturated carbocycles. The van der Waals surface area contributed by atoms with Gasteiger partial charge in [0, 0.05) is 6.07 Å². The number of nitrogens with zero attached hydrogens (tertiary/aromatic N) is 3. The Kier molecular flexibility index (Phi) is 5.05. The van der Waals surface area contributed by atoms with Crippen molar-refractivity contribution in [3.63, 3.8) is 0 Å². The maximum absolute atomic E-state index is 11.0. The van der Waals surface area contributed by atoms with E-state index in [0.717, 1.165) is 22.9 Å². The third kappa shape index (κ3) is 3.83. The standard InChI is InChI=1S/C15H14N4O5/c1-10-7-11(3-6-15(10)24-2)9-16-17-13-5-4-12(18(20)21)8-14(13)19(22)23/h3-9,17H,1-2H3/b16-9+. The molecule has 0 aliphatic rings. The van der Waals surface area contributed by atoms with Crippen molar-refractivity contribution in [2.75, 3.05) is 12.5 Å². The van der Waals surface area contributed by atoms with Gasteiger partial charge in [-0.3, -0.25) is 25.7 Å². The van der Waals surface area contributed by atoms with Crippen molar-refractivity contribution >= 4 is 23.3 Å². The molecule has 0 aliphatic heterocycles. The number of anilines is 1. The first kappa shape index (κ1) is 16.9. The van der Waals surface area contributed by atoms with Gasteiger partial charge in [-0.25, -0.2) is 0 Å². The number of benzene rings is 2. The number of ether oxygens (including phenoxy) is 1. The Morgan fingerprint density at radius 1 is 1.12 bits per heavy atom. The molecule has 2 aromatic rings. The Morgan fingerprint density at radius 2 is 1.88 bits per heavy atom. The van der Waals surface area contributed by atoms with E-state index in [0.29, 0.717) is 0 Å². The molecule has 9 heteroatoms. The molecule has 2 aromatic carbocycles. The lowest BCUT2D eigenvalue weighted by Gasteiger charge is -2.05. The van der Waals surface area contributed by atoms with Gasteiger partial charge in [0.25, 0.3) is 5.69 Å². The summed E-state index contributed by atoms with van der Waals surface area (Å²) in [5.41, 5.74) is 3.50. The molecule has 0 atom stereocenters. The minimum Gasteiger partial charge on any atom is -0.496 e. The Labute approximate surface area is 136 Å². The summed E-state index contributed by atoms with van der Waals surface area (Å²) in [6.45, 7) is 1.88. The summed E-state index contributed by atoms with van der Waals surface area (Å²) in [5.74, 6) is 0.742. The van der Waals surface area contributed by atoms with Gasteiger partial charge in [0.2, 0.25) is 0 Å². The highest BCUT2D eigenvalue weighted by atomic mass is 16.6. The quantitative estimate of drug-likeness (QED) is 0.493. The van der Waals surface area contributed by atoms with Gasteiger partial charge in [-0.2, -0.15) is 5.10 Å². The molecule has 124 valence electrons. The number of rotatable bonds is 6. The van der Waals surface area contributed by atoms with Crippen LogP contribution in [0, 0.1) is 27.2 Å². The second-order valence-corrected chi connectivity index (χ2v) is 4.81. The fraction of sp³-hybridized carbons (Fsp3) is 0.133. The van der Waals surface area contributed by atoms with Crippen molar-refractivity contribution in [1.82, 2.24) is 0 Å². The van der Waals surface area contributed by atoms with Crippen LogP contribution in [0.15, 0.2) is 41.5 Å². The van der Waals surface area contributed by atoms with Crippen LogP contribution in [0.3, 0.4) is 0 Å². The molecule has 24 heavy (non-hydrogen) atoms. The van der Waals surface area contributed by atoms with E-state index < -0.39 is 15.5 Å². The summed E-state index contributed by atoms with van der Waals surface area (Å²) >= 11 is 0. The SMILES string of the molecule is COc1ccc(/C=N/Nc2ccc([N+](=O)[O-])cc2[N+](=O)[O-])cc1C. The number of hydrogen-bond acceptors (Lipinski definition) is 7. The van der Waals surface area contributed by atoms with Gasteiger partial charge in [-0.15, -0.1) is 0 Å². The van der Waals surface area contributed by atoms with Gasteiger partial charge in [0.1, 0.15) is 11.4 Å². The lowest BCUT2D eigenvalue weighted by molar-refractivity contribution is -0.393. The summed E-state index contributed by atoms with van der Waals surface area (Å²) in [6, 6.07) is 8.70. The Bertz CT molecular complexity index is 820. The molecule has 0 bridgehead atoms. The first-order chi connectivity index (χ1) is 11.4. The zero-order chi connectivity index (χ0) is 17.7. The lowest BCUT2D eigenvalue weighted by Crippen LogP contribution is -1.99. The molecule has 0 unspecified atom stereocenters. The number of hydrazone groups is 1. The smallest absolute Gasteiger partial charge is 0.301 e. The topological polar surface area (TPSA) is 120 Å². The normalized spacial score (nSPS) is 10.6. The highest BCUT2D eigenvalue weighted by Crippen LogP contribution is 2.28. The van der Waals surface area contributed by atoms with Gasteiger partial charge in [-0.1, -0.05) is 0 Å². The maximum atomic E-state index is 11.0. The summed E-state index contributed by atoms with van der Waals surface area (Å²) in [4.78, 5) is 20.3. The molecule has 0 aliphatic carbocycles. The van der Waals surface area contributed by atoms with E-state index in [-0.39, 0.29) is 11.4 Å². The van der Waals surface area contributed by atoms with Crippen LogP contribution in [-0.2, 0) is 0 Å². The highest BCUT2D eigenvalue weighted by Gasteiger charge is 2.19. The highest BCUT2D eigenvalue weighted by molar-refractivity contribution is 5.81. The van der Waals surface area contributed by atoms with E-state index in [4.69, 9.17) is 4.74 Å². The second-order valence-electron chi connectivity index (χ2n) is 4.81. The maximum Gasteiger partial charge on any atom is 0.301 e. The zero-order valence-electron chi connectivity index (χ0n) is 12.9. The lowest BCUT2D eigenvalue weighted by atomic mass is 10.1. The molecule has 2 rings (SSSR count). The number of hydrogen-bond donors (Lipinski definition) is 1. The Hall–Kier alpha value is -3.49. The number of aryl methyl sites for hydroxylation is 1. The summed E-state index contributed by atoms with van der Waals surface area (Å²) < 4.78 is 5.16. The summed E-state index contributed by atoms with van der Waals surface area (Å²) in [6.07, 6.45) is 1.48. The number of nitro groups is 2. The first-order valence-corrected chi connectivity index (χ1v) is 6.79. The van der Waals surface area contributed by atoms with E-state index in [2.05, 4.69) is 10.5 Å². The van der Waals surface area contributed by atoms with Crippen LogP contribution in [0.4, 0.5) is 17.1 Å². The van der Waals surface area contributed by atoms with Gasteiger partial charge >= 0.3 is 5.69 Å². The summed E-state index contributed by atoms with van der Waals surface area (Å²) in [7, 11) is 1.57. The van der Waals surface area contributed by atoms with Crippen LogP contribution >= 0.6 is 0 Å². The molecule has 0 aromatic heterocycles. The fourth-order valence-corrected chi connectivity index (χ4v) is 2.04. The predicted octanol–water partition coefficient (Wildman–Crippen LogP) is 3.27.